The van der Waals surface area contributed by atoms with Gasteiger partial charge >= 0.3 is 5.97 Å². The standard InChI is InChI=1S/C11H10O2S.C9H8OS/c1-7-6-14-11-9(7)4-3-5-10(11)13-8(2)12;1-6-5-11-9-7(6)3-2-4-8(9)10/h3-6H,1-2H3;2-5,10H,1H3. The van der Waals surface area contributed by atoms with Gasteiger partial charge < -0.3 is 9.84 Å². The first-order chi connectivity index (χ1) is 12.0. The summed E-state index contributed by atoms with van der Waals surface area (Å²) in [7, 11) is 0. The van der Waals surface area contributed by atoms with Crippen molar-refractivity contribution < 1.29 is 14.6 Å². The van der Waals surface area contributed by atoms with E-state index in [9.17, 15) is 9.90 Å². The molecule has 4 aromatic rings. The van der Waals surface area contributed by atoms with Crippen LogP contribution in [0.1, 0.15) is 18.1 Å². The molecule has 2 aromatic carbocycles. The van der Waals surface area contributed by atoms with E-state index in [-0.39, 0.29) is 5.97 Å². The number of ether oxygens (including phenoxy) is 1. The van der Waals surface area contributed by atoms with Gasteiger partial charge in [-0.15, -0.1) is 22.7 Å². The Morgan fingerprint density at radius 1 is 0.920 bits per heavy atom. The minimum Gasteiger partial charge on any atom is -0.506 e. The van der Waals surface area contributed by atoms with Crippen molar-refractivity contribution in [2.24, 2.45) is 0 Å². The summed E-state index contributed by atoms with van der Waals surface area (Å²) >= 11 is 3.20. The molecule has 0 aliphatic heterocycles. The van der Waals surface area contributed by atoms with E-state index in [1.165, 1.54) is 18.1 Å². The van der Waals surface area contributed by atoms with Crippen LogP contribution in [0.2, 0.25) is 0 Å². The number of aromatic hydroxyl groups is 1. The maximum atomic E-state index is 10.8. The van der Waals surface area contributed by atoms with Crippen molar-refractivity contribution in [1.29, 1.82) is 0 Å². The number of phenolic OH excluding ortho intramolecular Hbond substituents is 1. The van der Waals surface area contributed by atoms with Crippen LogP contribution in [0.15, 0.2) is 47.2 Å². The Kier molecular flexibility index (Phi) is 5.06. The molecule has 0 radical (unpaired) electrons. The molecule has 2 heterocycles. The number of fused-ring (bicyclic) bond motifs is 2. The number of hydrogen-bond donors (Lipinski definition) is 1. The summed E-state index contributed by atoms with van der Waals surface area (Å²) in [5, 5.41) is 15.8. The molecule has 0 amide bonds. The van der Waals surface area contributed by atoms with E-state index in [1.54, 1.807) is 28.7 Å². The van der Waals surface area contributed by atoms with Crippen molar-refractivity contribution in [1.82, 2.24) is 0 Å². The van der Waals surface area contributed by atoms with Crippen LogP contribution in [-0.2, 0) is 4.79 Å². The fourth-order valence-electron chi connectivity index (χ4n) is 2.56. The van der Waals surface area contributed by atoms with Gasteiger partial charge in [0.1, 0.15) is 11.5 Å². The van der Waals surface area contributed by atoms with Crippen molar-refractivity contribution in [3.05, 3.63) is 58.3 Å². The van der Waals surface area contributed by atoms with Crippen molar-refractivity contribution in [3.8, 4) is 11.5 Å². The van der Waals surface area contributed by atoms with Gasteiger partial charge in [0.05, 0.1) is 9.40 Å². The van der Waals surface area contributed by atoms with E-state index >= 15 is 0 Å². The highest BCUT2D eigenvalue weighted by Crippen LogP contribution is 2.33. The van der Waals surface area contributed by atoms with Crippen LogP contribution < -0.4 is 4.74 Å². The summed E-state index contributed by atoms with van der Waals surface area (Å²) in [4.78, 5) is 10.8. The monoisotopic (exact) mass is 370 g/mol. The predicted octanol–water partition coefficient (Wildman–Crippen LogP) is 6.05. The summed E-state index contributed by atoms with van der Waals surface area (Å²) in [6.45, 7) is 5.52. The lowest BCUT2D eigenvalue weighted by Gasteiger charge is -2.01. The first kappa shape index (κ1) is 17.5. The maximum absolute atomic E-state index is 10.8. The molecule has 3 nitrogen and oxygen atoms in total. The Bertz CT molecular complexity index is 1040. The van der Waals surface area contributed by atoms with Crippen LogP contribution >= 0.6 is 22.7 Å². The van der Waals surface area contributed by atoms with E-state index < -0.39 is 0 Å². The Morgan fingerprint density at radius 3 is 2.08 bits per heavy atom. The zero-order chi connectivity index (χ0) is 18.0. The molecule has 0 saturated heterocycles. The topological polar surface area (TPSA) is 46.5 Å². The minimum absolute atomic E-state index is 0.274. The van der Waals surface area contributed by atoms with Crippen molar-refractivity contribution in [3.63, 3.8) is 0 Å². The van der Waals surface area contributed by atoms with E-state index in [1.807, 2.05) is 30.3 Å². The lowest BCUT2D eigenvalue weighted by molar-refractivity contribution is -0.131. The van der Waals surface area contributed by atoms with Crippen LogP contribution in [-0.4, -0.2) is 11.1 Å². The van der Waals surface area contributed by atoms with Crippen LogP contribution in [0.25, 0.3) is 20.2 Å². The van der Waals surface area contributed by atoms with E-state index in [4.69, 9.17) is 4.74 Å². The summed E-state index contributed by atoms with van der Waals surface area (Å²) < 4.78 is 7.14. The molecule has 5 heteroatoms. The molecule has 0 spiro atoms. The molecular formula is C20H18O3S2. The lowest BCUT2D eigenvalue weighted by Crippen LogP contribution is -2.00. The van der Waals surface area contributed by atoms with Crippen molar-refractivity contribution >= 4 is 48.8 Å². The largest absolute Gasteiger partial charge is 0.506 e. The number of carbonyl (C=O) groups excluding carboxylic acids is 1. The second-order valence-electron chi connectivity index (χ2n) is 5.72. The molecule has 0 atom stereocenters. The Balaban J connectivity index is 0.000000150. The van der Waals surface area contributed by atoms with Gasteiger partial charge in [-0.3, -0.25) is 4.79 Å². The van der Waals surface area contributed by atoms with Gasteiger partial charge in [0.2, 0.25) is 0 Å². The zero-order valence-corrected chi connectivity index (χ0v) is 15.8. The third kappa shape index (κ3) is 3.67. The minimum atomic E-state index is -0.274. The Hall–Kier alpha value is -2.37. The second-order valence-corrected chi connectivity index (χ2v) is 7.48. The number of phenols is 1. The van der Waals surface area contributed by atoms with Gasteiger partial charge in [0.25, 0.3) is 0 Å². The SMILES string of the molecule is CC(=O)Oc1cccc2c(C)csc12.Cc1csc2c(O)cccc12. The van der Waals surface area contributed by atoms with Gasteiger partial charge in [-0.05, 0) is 58.6 Å². The Morgan fingerprint density at radius 2 is 1.48 bits per heavy atom. The van der Waals surface area contributed by atoms with E-state index in [2.05, 4.69) is 24.6 Å². The molecule has 1 N–H and O–H groups in total. The average Bonchev–Trinajstić information content (AvgIpc) is 3.14. The summed E-state index contributed by atoms with van der Waals surface area (Å²) in [6.07, 6.45) is 0. The number of thiophene rings is 2. The molecular weight excluding hydrogens is 352 g/mol. The molecule has 0 aliphatic rings. The smallest absolute Gasteiger partial charge is 0.308 e. The highest BCUT2D eigenvalue weighted by atomic mass is 32.1. The van der Waals surface area contributed by atoms with Crippen LogP contribution in [0.3, 0.4) is 0 Å². The highest BCUT2D eigenvalue weighted by Gasteiger charge is 2.07. The lowest BCUT2D eigenvalue weighted by atomic mass is 10.2. The fraction of sp³-hybridized carbons (Fsp3) is 0.150. The zero-order valence-electron chi connectivity index (χ0n) is 14.2. The van der Waals surface area contributed by atoms with Gasteiger partial charge in [-0.1, -0.05) is 24.3 Å². The normalized spacial score (nSPS) is 10.5. The van der Waals surface area contributed by atoms with Crippen LogP contribution in [0, 0.1) is 13.8 Å². The Labute approximate surface area is 154 Å². The summed E-state index contributed by atoms with van der Waals surface area (Å²) in [6, 6.07) is 11.4. The second kappa shape index (κ2) is 7.25. The summed E-state index contributed by atoms with van der Waals surface area (Å²) in [5.41, 5.74) is 2.46. The first-order valence-corrected chi connectivity index (χ1v) is 9.54. The number of esters is 1. The molecule has 0 fully saturated rings. The molecule has 4 rings (SSSR count). The number of hydrogen-bond acceptors (Lipinski definition) is 5. The average molecular weight is 370 g/mol. The molecule has 0 bridgehead atoms. The van der Waals surface area contributed by atoms with Crippen molar-refractivity contribution in [2.45, 2.75) is 20.8 Å². The molecule has 128 valence electrons. The molecule has 0 saturated carbocycles. The third-order valence-corrected chi connectivity index (χ3v) is 6.05. The first-order valence-electron chi connectivity index (χ1n) is 7.78. The molecule has 0 aliphatic carbocycles. The summed E-state index contributed by atoms with van der Waals surface area (Å²) in [5.74, 6) is 0.775. The quantitative estimate of drug-likeness (QED) is 0.328. The number of benzene rings is 2. The molecule has 0 unspecified atom stereocenters. The van der Waals surface area contributed by atoms with E-state index in [0.29, 0.717) is 11.5 Å². The van der Waals surface area contributed by atoms with Gasteiger partial charge in [0.15, 0.2) is 0 Å². The van der Waals surface area contributed by atoms with Gasteiger partial charge in [-0.2, -0.15) is 0 Å². The van der Waals surface area contributed by atoms with E-state index in [0.717, 1.165) is 20.2 Å². The van der Waals surface area contributed by atoms with Gasteiger partial charge in [0, 0.05) is 6.92 Å². The van der Waals surface area contributed by atoms with Crippen LogP contribution in [0.4, 0.5) is 0 Å². The van der Waals surface area contributed by atoms with Gasteiger partial charge in [-0.25, -0.2) is 0 Å². The molecule has 2 aromatic heterocycles. The number of rotatable bonds is 1. The maximum Gasteiger partial charge on any atom is 0.308 e. The highest BCUT2D eigenvalue weighted by molar-refractivity contribution is 7.18. The van der Waals surface area contributed by atoms with Crippen molar-refractivity contribution in [2.75, 3.05) is 0 Å². The number of aryl methyl sites for hydroxylation is 2. The number of carbonyl (C=O) groups is 1. The molecule has 25 heavy (non-hydrogen) atoms. The fourth-order valence-corrected chi connectivity index (χ4v) is 4.53. The third-order valence-electron chi connectivity index (χ3n) is 3.78. The predicted molar refractivity (Wildman–Crippen MR) is 106 cm³/mol. The van der Waals surface area contributed by atoms with Crippen LogP contribution in [0.5, 0.6) is 11.5 Å².